The van der Waals surface area contributed by atoms with Crippen molar-refractivity contribution in [2.24, 2.45) is 0 Å². The van der Waals surface area contributed by atoms with Crippen LogP contribution in [0.3, 0.4) is 0 Å². The summed E-state index contributed by atoms with van der Waals surface area (Å²) in [4.78, 5) is 1.45. The summed E-state index contributed by atoms with van der Waals surface area (Å²) in [5, 5.41) is 2.22. The predicted octanol–water partition coefficient (Wildman–Crippen LogP) is 5.86. The lowest BCUT2D eigenvalue weighted by Crippen LogP contribution is -2.14. The van der Waals surface area contributed by atoms with Gasteiger partial charge in [0.1, 0.15) is 0 Å². The molecule has 1 aromatic rings. The van der Waals surface area contributed by atoms with Gasteiger partial charge >= 0.3 is 0 Å². The summed E-state index contributed by atoms with van der Waals surface area (Å²) in [6.07, 6.45) is 11.0. The van der Waals surface area contributed by atoms with Gasteiger partial charge in [0.25, 0.3) is 0 Å². The van der Waals surface area contributed by atoms with E-state index in [-0.39, 0.29) is 0 Å². The lowest BCUT2D eigenvalue weighted by atomic mass is 10.1. The molecule has 0 bridgehead atoms. The van der Waals surface area contributed by atoms with E-state index in [0.717, 1.165) is 19.4 Å². The zero-order valence-corrected chi connectivity index (χ0v) is 15.0. The summed E-state index contributed by atoms with van der Waals surface area (Å²) < 4.78 is 2.40. The number of fused-ring (bicyclic) bond motifs is 1. The Hall–Kier alpha value is -0.200. The molecule has 1 aromatic heterocycles. The van der Waals surface area contributed by atoms with E-state index in [1.807, 2.05) is 11.3 Å². The van der Waals surface area contributed by atoms with Crippen LogP contribution in [0.4, 0.5) is 0 Å². The van der Waals surface area contributed by atoms with Crippen molar-refractivity contribution in [1.29, 1.82) is 0 Å². The van der Waals surface area contributed by atoms with Crippen LogP contribution in [0.15, 0.2) is 41.4 Å². The maximum atomic E-state index is 2.40. The van der Waals surface area contributed by atoms with E-state index in [0.29, 0.717) is 0 Å². The third kappa shape index (κ3) is 3.47. The average Bonchev–Trinajstić information content (AvgIpc) is 2.83. The summed E-state index contributed by atoms with van der Waals surface area (Å²) >= 11 is 4.25. The van der Waals surface area contributed by atoms with Gasteiger partial charge in [0.05, 0.1) is 5.70 Å². The van der Waals surface area contributed by atoms with Gasteiger partial charge in [-0.2, -0.15) is 0 Å². The standard InChI is InChI=1S/C15H18INS2/c1-3-5-7-14-13(6-4-2)15-12(9-11-18-15)8-10-17(14)19-16/h3,5-7,9,11H,4,8,10H2,1-2H3/b5-3-,13-6+,14-7+. The first-order valence-corrected chi connectivity index (χ1v) is 10.7. The molecule has 1 nitrogen and oxygen atoms in total. The number of nitrogens with zero attached hydrogens (tertiary/aromatic N) is 1. The number of allylic oxidation sites excluding steroid dienone is 5. The molecule has 4 heteroatoms. The van der Waals surface area contributed by atoms with Gasteiger partial charge in [-0.15, -0.1) is 11.3 Å². The molecule has 0 aromatic carbocycles. The molecule has 1 aliphatic rings. The minimum absolute atomic E-state index is 1.07. The van der Waals surface area contributed by atoms with E-state index < -0.39 is 0 Å². The normalized spacial score (nSPS) is 20.3. The van der Waals surface area contributed by atoms with Crippen molar-refractivity contribution in [1.82, 2.24) is 4.31 Å². The predicted molar refractivity (Wildman–Crippen MR) is 97.5 cm³/mol. The van der Waals surface area contributed by atoms with Crippen molar-refractivity contribution < 1.29 is 0 Å². The molecule has 0 spiro atoms. The van der Waals surface area contributed by atoms with Crippen molar-refractivity contribution in [2.75, 3.05) is 6.54 Å². The van der Waals surface area contributed by atoms with Crippen LogP contribution < -0.4 is 0 Å². The van der Waals surface area contributed by atoms with Crippen LogP contribution in [0, 0.1) is 0 Å². The molecule has 0 unspecified atom stereocenters. The molecule has 1 aliphatic heterocycles. The zero-order valence-electron chi connectivity index (χ0n) is 11.2. The monoisotopic (exact) mass is 403 g/mol. The van der Waals surface area contributed by atoms with Gasteiger partial charge in [-0.25, -0.2) is 0 Å². The Balaban J connectivity index is 2.53. The average molecular weight is 403 g/mol. The highest BCUT2D eigenvalue weighted by Crippen LogP contribution is 2.40. The topological polar surface area (TPSA) is 3.24 Å². The molecular weight excluding hydrogens is 385 g/mol. The fourth-order valence-corrected chi connectivity index (χ4v) is 4.82. The van der Waals surface area contributed by atoms with E-state index in [2.05, 4.69) is 75.1 Å². The van der Waals surface area contributed by atoms with Crippen molar-refractivity contribution >= 4 is 47.2 Å². The Morgan fingerprint density at radius 2 is 2.37 bits per heavy atom. The van der Waals surface area contributed by atoms with E-state index in [1.165, 1.54) is 21.7 Å². The number of thiophene rings is 1. The summed E-state index contributed by atoms with van der Waals surface area (Å²) in [7, 11) is 1.79. The third-order valence-electron chi connectivity index (χ3n) is 3.06. The minimum atomic E-state index is 1.07. The Morgan fingerprint density at radius 1 is 1.53 bits per heavy atom. The van der Waals surface area contributed by atoms with Gasteiger partial charge in [-0.1, -0.05) is 25.2 Å². The van der Waals surface area contributed by atoms with Crippen LogP contribution >= 0.6 is 41.7 Å². The van der Waals surface area contributed by atoms with Crippen LogP contribution in [0.5, 0.6) is 0 Å². The fourth-order valence-electron chi connectivity index (χ4n) is 2.20. The first-order valence-electron chi connectivity index (χ1n) is 6.48. The summed E-state index contributed by atoms with van der Waals surface area (Å²) in [5.41, 5.74) is 4.22. The third-order valence-corrected chi connectivity index (χ3v) is 6.02. The molecule has 0 N–H and O–H groups in total. The summed E-state index contributed by atoms with van der Waals surface area (Å²) in [6, 6.07) is 2.28. The van der Waals surface area contributed by atoms with Crippen molar-refractivity contribution in [3.8, 4) is 0 Å². The number of halogens is 1. The van der Waals surface area contributed by atoms with Gasteiger partial charge in [-0.3, -0.25) is 0 Å². The molecule has 0 saturated heterocycles. The highest BCUT2D eigenvalue weighted by molar-refractivity contribution is 14.2. The Morgan fingerprint density at radius 3 is 3.05 bits per heavy atom. The maximum Gasteiger partial charge on any atom is 0.0560 e. The number of hydrogen-bond acceptors (Lipinski definition) is 3. The summed E-state index contributed by atoms with van der Waals surface area (Å²) in [6.45, 7) is 5.34. The Kier molecular flexibility index (Phi) is 6.04. The highest BCUT2D eigenvalue weighted by atomic mass is 127. The molecule has 102 valence electrons. The van der Waals surface area contributed by atoms with Crippen LogP contribution in [0.1, 0.15) is 30.7 Å². The second-order valence-electron chi connectivity index (χ2n) is 4.30. The van der Waals surface area contributed by atoms with Crippen molar-refractivity contribution in [2.45, 2.75) is 26.7 Å². The lowest BCUT2D eigenvalue weighted by Gasteiger charge is -2.22. The molecular formula is C15H18INS2. The van der Waals surface area contributed by atoms with Gasteiger partial charge in [0, 0.05) is 47.3 Å². The first kappa shape index (κ1) is 15.2. The molecule has 19 heavy (non-hydrogen) atoms. The summed E-state index contributed by atoms with van der Waals surface area (Å²) in [5.74, 6) is 0. The van der Waals surface area contributed by atoms with Gasteiger partial charge in [0.15, 0.2) is 0 Å². The van der Waals surface area contributed by atoms with Gasteiger partial charge in [0.2, 0.25) is 0 Å². The molecule has 2 heterocycles. The smallest absolute Gasteiger partial charge is 0.0560 e. The van der Waals surface area contributed by atoms with E-state index in [9.17, 15) is 0 Å². The Labute approximate surface area is 136 Å². The zero-order chi connectivity index (χ0) is 13.7. The van der Waals surface area contributed by atoms with Crippen LogP contribution in [-0.2, 0) is 6.42 Å². The second-order valence-corrected chi connectivity index (χ2v) is 6.98. The molecule has 0 aliphatic carbocycles. The SMILES string of the molecule is C\C=C/C=C1\C(=C/CC)c2sccc2CCN1SI. The van der Waals surface area contributed by atoms with E-state index in [1.54, 1.807) is 9.12 Å². The molecule has 0 saturated carbocycles. The molecule has 0 atom stereocenters. The van der Waals surface area contributed by atoms with E-state index >= 15 is 0 Å². The van der Waals surface area contributed by atoms with Gasteiger partial charge in [-0.05, 0) is 42.9 Å². The van der Waals surface area contributed by atoms with Crippen molar-refractivity contribution in [3.05, 3.63) is 51.9 Å². The fraction of sp³-hybridized carbons (Fsp3) is 0.333. The second kappa shape index (κ2) is 7.55. The minimum Gasteiger partial charge on any atom is -0.307 e. The molecule has 0 amide bonds. The Bertz CT molecular complexity index is 514. The molecule has 0 radical (unpaired) electrons. The molecule has 0 fully saturated rings. The van der Waals surface area contributed by atoms with Gasteiger partial charge < -0.3 is 4.31 Å². The van der Waals surface area contributed by atoms with Crippen LogP contribution in [-0.4, -0.2) is 10.8 Å². The number of rotatable bonds is 3. The largest absolute Gasteiger partial charge is 0.307 e. The lowest BCUT2D eigenvalue weighted by molar-refractivity contribution is 0.607. The first-order chi connectivity index (χ1) is 9.31. The van der Waals surface area contributed by atoms with E-state index in [4.69, 9.17) is 0 Å². The number of hydrogen-bond donors (Lipinski definition) is 0. The maximum absolute atomic E-state index is 2.40. The van der Waals surface area contributed by atoms with Crippen LogP contribution in [0.2, 0.25) is 0 Å². The molecule has 2 rings (SSSR count). The van der Waals surface area contributed by atoms with Crippen LogP contribution in [0.25, 0.3) is 5.57 Å². The van der Waals surface area contributed by atoms with Crippen molar-refractivity contribution in [3.63, 3.8) is 0 Å². The quantitative estimate of drug-likeness (QED) is 0.460. The highest BCUT2D eigenvalue weighted by Gasteiger charge is 2.22.